The number of carboxylic acids is 1. The molecular formula is C25H36INO4. The number of halogens is 1. The van der Waals surface area contributed by atoms with Gasteiger partial charge in [-0.05, 0) is 102 Å². The summed E-state index contributed by atoms with van der Waals surface area (Å²) in [5.74, 6) is 1.55. The lowest BCUT2D eigenvalue weighted by atomic mass is 9.44. The van der Waals surface area contributed by atoms with Crippen LogP contribution >= 0.6 is 22.6 Å². The molecule has 0 amide bonds. The number of aliphatic carboxylic acids is 1. The van der Waals surface area contributed by atoms with Crippen LogP contribution in [0.15, 0.2) is 30.4 Å². The van der Waals surface area contributed by atoms with Gasteiger partial charge in [-0.2, -0.15) is 0 Å². The maximum atomic E-state index is 10.7. The molecule has 0 spiro atoms. The Bertz CT molecular complexity index is 794. The maximum absolute atomic E-state index is 10.7. The summed E-state index contributed by atoms with van der Waals surface area (Å²) in [4.78, 5) is 10.7. The lowest BCUT2D eigenvalue weighted by Gasteiger charge is -2.63. The highest BCUT2D eigenvalue weighted by molar-refractivity contribution is 14.1. The Morgan fingerprint density at radius 1 is 1.32 bits per heavy atom. The average Bonchev–Trinajstić information content (AvgIpc) is 2.71. The van der Waals surface area contributed by atoms with Crippen LogP contribution in [-0.2, 0) is 11.2 Å². The number of benzene rings is 1. The van der Waals surface area contributed by atoms with Gasteiger partial charge in [0.25, 0.3) is 0 Å². The highest BCUT2D eigenvalue weighted by Gasteiger charge is 2.56. The molecule has 3 aliphatic carbocycles. The Labute approximate surface area is 199 Å². The molecule has 5 nitrogen and oxygen atoms in total. The van der Waals surface area contributed by atoms with Crippen molar-refractivity contribution in [2.24, 2.45) is 23.2 Å². The molecular weight excluding hydrogens is 505 g/mol. The number of aromatic hydroxyl groups is 1. The molecule has 2 bridgehead atoms. The van der Waals surface area contributed by atoms with E-state index in [1.807, 2.05) is 12.1 Å². The molecule has 3 aliphatic rings. The molecule has 0 radical (unpaired) electrons. The van der Waals surface area contributed by atoms with Gasteiger partial charge in [0.05, 0.1) is 9.67 Å². The number of hydrogen-bond acceptors (Lipinski definition) is 4. The summed E-state index contributed by atoms with van der Waals surface area (Å²) in [6.45, 7) is 5.36. The van der Waals surface area contributed by atoms with Crippen LogP contribution in [0.2, 0.25) is 0 Å². The van der Waals surface area contributed by atoms with E-state index in [1.54, 1.807) is 6.07 Å². The summed E-state index contributed by atoms with van der Waals surface area (Å²) in [5.41, 5.74) is 1.42. The first kappa shape index (κ1) is 24.5. The van der Waals surface area contributed by atoms with Crippen LogP contribution in [0.3, 0.4) is 0 Å². The fourth-order valence-electron chi connectivity index (χ4n) is 5.56. The summed E-state index contributed by atoms with van der Waals surface area (Å²) in [6.07, 6.45) is 9.70. The second kappa shape index (κ2) is 10.7. The Balaban J connectivity index is 1.52. The number of aliphatic hydroxyl groups is 1. The van der Waals surface area contributed by atoms with Gasteiger partial charge in [0, 0.05) is 19.0 Å². The van der Waals surface area contributed by atoms with Crippen LogP contribution in [0.1, 0.15) is 57.9 Å². The standard InChI is InChI=1S/C25H36INO4/c1-25(2)17-13-20(25)19(7-5-3-4-6-8-24(30)31)22(14-17)27-15-18(28)11-16-9-10-23(29)21(26)12-16/h3,5,9-10,12,17-20,22,27-29H,4,6-8,11,13-15H2,1-2H3,(H,30,31)/b5-3-/t17-,18-,19+,20+,22+/m1/s1. The van der Waals surface area contributed by atoms with Crippen LogP contribution in [0.5, 0.6) is 5.75 Å². The van der Waals surface area contributed by atoms with E-state index in [9.17, 15) is 15.0 Å². The fraction of sp³-hybridized carbons (Fsp3) is 0.640. The maximum Gasteiger partial charge on any atom is 0.303 e. The minimum atomic E-state index is -0.729. The van der Waals surface area contributed by atoms with Gasteiger partial charge in [0.15, 0.2) is 0 Å². The number of phenols is 1. The third-order valence-corrected chi connectivity index (χ3v) is 8.42. The lowest BCUT2D eigenvalue weighted by Crippen LogP contribution is -2.61. The largest absolute Gasteiger partial charge is 0.507 e. The van der Waals surface area contributed by atoms with E-state index in [2.05, 4.69) is 53.9 Å². The Hall–Kier alpha value is -1.12. The van der Waals surface area contributed by atoms with Crippen molar-refractivity contribution in [3.8, 4) is 5.75 Å². The van der Waals surface area contributed by atoms with Crippen LogP contribution < -0.4 is 5.32 Å². The first-order valence-electron chi connectivity index (χ1n) is 11.4. The number of carboxylic acid groups (broad SMARTS) is 1. The van der Waals surface area contributed by atoms with Crippen molar-refractivity contribution in [3.05, 3.63) is 39.5 Å². The molecule has 4 N–H and O–H groups in total. The van der Waals surface area contributed by atoms with Gasteiger partial charge >= 0.3 is 5.97 Å². The number of rotatable bonds is 11. The highest BCUT2D eigenvalue weighted by atomic mass is 127. The number of hydrogen-bond donors (Lipinski definition) is 4. The number of carbonyl (C=O) groups is 1. The molecule has 0 aliphatic heterocycles. The highest BCUT2D eigenvalue weighted by Crippen LogP contribution is 2.62. The summed E-state index contributed by atoms with van der Waals surface area (Å²) in [5, 5.41) is 32.7. The topological polar surface area (TPSA) is 89.8 Å². The summed E-state index contributed by atoms with van der Waals surface area (Å²) < 4.78 is 0.806. The van der Waals surface area contributed by atoms with E-state index in [0.29, 0.717) is 42.7 Å². The summed E-state index contributed by atoms with van der Waals surface area (Å²) in [6, 6.07) is 5.90. The molecule has 0 aromatic heterocycles. The SMILES string of the molecule is CC1(C)[C@H]2C[C@H](NC[C@H](O)Cc3ccc(O)c(I)c3)[C@@H](C/C=C\CCCC(=O)O)[C@@H]1C2. The normalized spacial score (nSPS) is 27.7. The third-order valence-electron chi connectivity index (χ3n) is 7.55. The molecule has 6 heteroatoms. The number of unbranched alkanes of at least 4 members (excludes halogenated alkanes) is 1. The van der Waals surface area contributed by atoms with Crippen molar-refractivity contribution in [1.82, 2.24) is 5.32 Å². The summed E-state index contributed by atoms with van der Waals surface area (Å²) >= 11 is 2.11. The van der Waals surface area contributed by atoms with Gasteiger partial charge in [0.1, 0.15) is 5.75 Å². The zero-order valence-electron chi connectivity index (χ0n) is 18.6. The molecule has 3 fully saturated rings. The quantitative estimate of drug-likeness (QED) is 0.185. The molecule has 5 atom stereocenters. The number of phenolic OH excluding ortho intramolecular Hbond substituents is 1. The fourth-order valence-corrected chi connectivity index (χ4v) is 6.14. The second-order valence-corrected chi connectivity index (χ2v) is 11.1. The Morgan fingerprint density at radius 3 is 2.77 bits per heavy atom. The number of allylic oxidation sites excluding steroid dienone is 2. The van der Waals surface area contributed by atoms with Crippen molar-refractivity contribution >= 4 is 28.6 Å². The second-order valence-electron chi connectivity index (χ2n) is 9.91. The van der Waals surface area contributed by atoms with E-state index < -0.39 is 12.1 Å². The monoisotopic (exact) mass is 541 g/mol. The third kappa shape index (κ3) is 6.23. The van der Waals surface area contributed by atoms with Crippen LogP contribution in [0.25, 0.3) is 0 Å². The molecule has 4 rings (SSSR count). The van der Waals surface area contributed by atoms with Crippen molar-refractivity contribution in [3.63, 3.8) is 0 Å². The Morgan fingerprint density at radius 2 is 2.10 bits per heavy atom. The van der Waals surface area contributed by atoms with Crippen molar-refractivity contribution in [1.29, 1.82) is 0 Å². The summed E-state index contributed by atoms with van der Waals surface area (Å²) in [7, 11) is 0. The number of fused-ring (bicyclic) bond motifs is 2. The van der Waals surface area contributed by atoms with Crippen LogP contribution in [0, 0.1) is 26.7 Å². The van der Waals surface area contributed by atoms with E-state index in [-0.39, 0.29) is 12.2 Å². The molecule has 0 saturated heterocycles. The minimum absolute atomic E-state index is 0.229. The minimum Gasteiger partial charge on any atom is -0.507 e. The predicted octanol–water partition coefficient (Wildman–Crippen LogP) is 4.74. The zero-order chi connectivity index (χ0) is 22.6. The predicted molar refractivity (Wildman–Crippen MR) is 131 cm³/mol. The first-order chi connectivity index (χ1) is 14.7. The molecule has 0 unspecified atom stereocenters. The smallest absolute Gasteiger partial charge is 0.303 e. The molecule has 0 heterocycles. The van der Waals surface area contributed by atoms with E-state index >= 15 is 0 Å². The molecule has 1 aromatic carbocycles. The van der Waals surface area contributed by atoms with Crippen molar-refractivity contribution < 1.29 is 20.1 Å². The molecule has 31 heavy (non-hydrogen) atoms. The van der Waals surface area contributed by atoms with E-state index in [4.69, 9.17) is 5.11 Å². The van der Waals surface area contributed by atoms with Crippen LogP contribution in [0.4, 0.5) is 0 Å². The van der Waals surface area contributed by atoms with Gasteiger partial charge in [-0.1, -0.05) is 32.1 Å². The van der Waals surface area contributed by atoms with E-state index in [1.165, 1.54) is 6.42 Å². The zero-order valence-corrected chi connectivity index (χ0v) is 20.7. The first-order valence-corrected chi connectivity index (χ1v) is 12.5. The van der Waals surface area contributed by atoms with Gasteiger partial charge < -0.3 is 20.6 Å². The van der Waals surface area contributed by atoms with E-state index in [0.717, 1.165) is 34.3 Å². The number of aliphatic hydroxyl groups excluding tert-OH is 1. The number of nitrogens with one attached hydrogen (secondary N) is 1. The van der Waals surface area contributed by atoms with Crippen LogP contribution in [-0.4, -0.2) is 40.0 Å². The molecule has 172 valence electrons. The van der Waals surface area contributed by atoms with Gasteiger partial charge in [0.2, 0.25) is 0 Å². The molecule has 3 saturated carbocycles. The van der Waals surface area contributed by atoms with Gasteiger partial charge in [-0.25, -0.2) is 0 Å². The van der Waals surface area contributed by atoms with Crippen molar-refractivity contribution in [2.45, 2.75) is 70.9 Å². The van der Waals surface area contributed by atoms with Gasteiger partial charge in [-0.3, -0.25) is 4.79 Å². The lowest BCUT2D eigenvalue weighted by molar-refractivity contribution is -0.137. The van der Waals surface area contributed by atoms with Gasteiger partial charge in [-0.15, -0.1) is 0 Å². The van der Waals surface area contributed by atoms with Crippen molar-refractivity contribution in [2.75, 3.05) is 6.54 Å². The average molecular weight is 541 g/mol. The Kier molecular flexibility index (Phi) is 8.44. The molecule has 1 aromatic rings.